The summed E-state index contributed by atoms with van der Waals surface area (Å²) in [6.07, 6.45) is 1.84. The Kier molecular flexibility index (Phi) is 2.29. The first kappa shape index (κ1) is 9.27. The van der Waals surface area contributed by atoms with Crippen LogP contribution in [0.3, 0.4) is 0 Å². The minimum atomic E-state index is 0.606. The van der Waals surface area contributed by atoms with Gasteiger partial charge in [0.05, 0.1) is 5.71 Å². The molecule has 0 saturated heterocycles. The van der Waals surface area contributed by atoms with Crippen LogP contribution >= 0.6 is 15.9 Å². The number of fused-ring (bicyclic) bond motifs is 1. The Morgan fingerprint density at radius 1 is 1.50 bits per heavy atom. The Morgan fingerprint density at radius 3 is 3.00 bits per heavy atom. The van der Waals surface area contributed by atoms with Gasteiger partial charge in [-0.1, -0.05) is 21.1 Å². The topological polar surface area (TPSA) is 48.4 Å². The number of benzene rings is 1. The molecule has 1 heterocycles. The van der Waals surface area contributed by atoms with Gasteiger partial charge in [-0.2, -0.15) is 0 Å². The van der Waals surface area contributed by atoms with E-state index in [0.717, 1.165) is 20.9 Å². The van der Waals surface area contributed by atoms with Crippen LogP contribution in [0.5, 0.6) is 0 Å². The number of oxime groups is 1. The number of halogens is 1. The summed E-state index contributed by atoms with van der Waals surface area (Å²) in [5.74, 6) is 0. The average molecular weight is 253 g/mol. The van der Waals surface area contributed by atoms with Crippen molar-refractivity contribution in [1.29, 1.82) is 0 Å². The zero-order chi connectivity index (χ0) is 10.1. The molecular formula is C10H9BrN2O. The fraction of sp³-hybridized carbons (Fsp3) is 0.100. The molecule has 72 valence electrons. The third kappa shape index (κ3) is 1.42. The molecule has 4 heteroatoms. The van der Waals surface area contributed by atoms with Gasteiger partial charge in [-0.05, 0) is 25.1 Å². The van der Waals surface area contributed by atoms with E-state index in [4.69, 9.17) is 5.21 Å². The van der Waals surface area contributed by atoms with E-state index in [1.807, 2.05) is 24.4 Å². The third-order valence-electron chi connectivity index (χ3n) is 2.18. The lowest BCUT2D eigenvalue weighted by atomic mass is 10.1. The lowest BCUT2D eigenvalue weighted by Gasteiger charge is -1.96. The summed E-state index contributed by atoms with van der Waals surface area (Å²) in [5, 5.41) is 12.9. The third-order valence-corrected chi connectivity index (χ3v) is 2.68. The summed E-state index contributed by atoms with van der Waals surface area (Å²) in [6, 6.07) is 5.94. The van der Waals surface area contributed by atoms with E-state index in [1.165, 1.54) is 0 Å². The van der Waals surface area contributed by atoms with Crippen molar-refractivity contribution in [3.05, 3.63) is 34.4 Å². The fourth-order valence-electron chi connectivity index (χ4n) is 1.45. The van der Waals surface area contributed by atoms with Gasteiger partial charge >= 0.3 is 0 Å². The minimum absolute atomic E-state index is 0.606. The summed E-state index contributed by atoms with van der Waals surface area (Å²) < 4.78 is 1.01. The summed E-state index contributed by atoms with van der Waals surface area (Å²) >= 11 is 3.41. The molecule has 0 unspecified atom stereocenters. The van der Waals surface area contributed by atoms with E-state index >= 15 is 0 Å². The van der Waals surface area contributed by atoms with Gasteiger partial charge in [-0.15, -0.1) is 0 Å². The number of nitrogens with zero attached hydrogens (tertiary/aromatic N) is 1. The van der Waals surface area contributed by atoms with E-state index in [9.17, 15) is 0 Å². The number of H-pyrrole nitrogens is 1. The maximum absolute atomic E-state index is 8.70. The monoisotopic (exact) mass is 252 g/mol. The molecule has 0 aliphatic rings. The molecule has 0 aliphatic carbocycles. The first-order valence-corrected chi connectivity index (χ1v) is 4.97. The van der Waals surface area contributed by atoms with Crippen molar-refractivity contribution in [3.8, 4) is 0 Å². The van der Waals surface area contributed by atoms with Gasteiger partial charge in [0.2, 0.25) is 0 Å². The second-order valence-corrected chi connectivity index (χ2v) is 3.99. The molecule has 2 rings (SSSR count). The average Bonchev–Trinajstić information content (AvgIpc) is 2.59. The van der Waals surface area contributed by atoms with Crippen LogP contribution in [-0.4, -0.2) is 15.9 Å². The number of rotatable bonds is 1. The van der Waals surface area contributed by atoms with Crippen LogP contribution in [-0.2, 0) is 0 Å². The first-order chi connectivity index (χ1) is 6.72. The number of aromatic nitrogens is 1. The Balaban J connectivity index is 2.73. The van der Waals surface area contributed by atoms with Crippen molar-refractivity contribution in [2.75, 3.05) is 0 Å². The second-order valence-electron chi connectivity index (χ2n) is 3.08. The van der Waals surface area contributed by atoms with Crippen LogP contribution in [0, 0.1) is 0 Å². The molecule has 0 aliphatic heterocycles. The van der Waals surface area contributed by atoms with Gasteiger partial charge in [-0.3, -0.25) is 0 Å². The van der Waals surface area contributed by atoms with Crippen LogP contribution in [0.2, 0.25) is 0 Å². The summed E-state index contributed by atoms with van der Waals surface area (Å²) in [6.45, 7) is 1.77. The number of hydrogen-bond acceptors (Lipinski definition) is 2. The SMILES string of the molecule is C/C(=N/O)c1c[nH]c2ccc(Br)cc12. The number of aromatic amines is 1. The summed E-state index contributed by atoms with van der Waals surface area (Å²) in [4.78, 5) is 3.12. The molecule has 0 amide bonds. The Bertz CT molecular complexity index is 502. The molecule has 2 N–H and O–H groups in total. The molecule has 2 aromatic rings. The Hall–Kier alpha value is -1.29. The molecule has 1 aromatic heterocycles. The highest BCUT2D eigenvalue weighted by Gasteiger charge is 2.06. The van der Waals surface area contributed by atoms with E-state index in [2.05, 4.69) is 26.1 Å². The van der Waals surface area contributed by atoms with Crippen molar-refractivity contribution in [3.63, 3.8) is 0 Å². The van der Waals surface area contributed by atoms with Gasteiger partial charge < -0.3 is 10.2 Å². The highest BCUT2D eigenvalue weighted by atomic mass is 79.9. The lowest BCUT2D eigenvalue weighted by Crippen LogP contribution is -1.91. The van der Waals surface area contributed by atoms with Crippen LogP contribution in [0.25, 0.3) is 10.9 Å². The van der Waals surface area contributed by atoms with Gasteiger partial charge in [-0.25, -0.2) is 0 Å². The van der Waals surface area contributed by atoms with Crippen molar-refractivity contribution in [2.45, 2.75) is 6.92 Å². The van der Waals surface area contributed by atoms with Gasteiger partial charge in [0.25, 0.3) is 0 Å². The lowest BCUT2D eigenvalue weighted by molar-refractivity contribution is 0.319. The smallest absolute Gasteiger partial charge is 0.0858 e. The molecule has 14 heavy (non-hydrogen) atoms. The number of hydrogen-bond donors (Lipinski definition) is 2. The van der Waals surface area contributed by atoms with Gasteiger partial charge in [0.1, 0.15) is 0 Å². The standard InChI is InChI=1S/C10H9BrN2O/c1-6(13-14)9-5-12-10-3-2-7(11)4-8(9)10/h2-5,12,14H,1H3/b13-6-. The van der Waals surface area contributed by atoms with Crippen LogP contribution in [0.1, 0.15) is 12.5 Å². The molecule has 1 aromatic carbocycles. The maximum Gasteiger partial charge on any atom is 0.0858 e. The number of nitrogens with one attached hydrogen (secondary N) is 1. The molecule has 0 fully saturated rings. The summed E-state index contributed by atoms with van der Waals surface area (Å²) in [5.41, 5.74) is 2.56. The van der Waals surface area contributed by atoms with Crippen LogP contribution < -0.4 is 0 Å². The second kappa shape index (κ2) is 3.46. The van der Waals surface area contributed by atoms with Crippen molar-refractivity contribution in [2.24, 2.45) is 5.16 Å². The first-order valence-electron chi connectivity index (χ1n) is 4.18. The zero-order valence-electron chi connectivity index (χ0n) is 7.58. The maximum atomic E-state index is 8.70. The van der Waals surface area contributed by atoms with E-state index in [0.29, 0.717) is 5.71 Å². The predicted octanol–water partition coefficient (Wildman–Crippen LogP) is 3.13. The van der Waals surface area contributed by atoms with E-state index < -0.39 is 0 Å². The molecular weight excluding hydrogens is 244 g/mol. The van der Waals surface area contributed by atoms with Crippen molar-refractivity contribution >= 4 is 32.5 Å². The highest BCUT2D eigenvalue weighted by Crippen LogP contribution is 2.23. The molecule has 0 spiro atoms. The summed E-state index contributed by atoms with van der Waals surface area (Å²) in [7, 11) is 0. The van der Waals surface area contributed by atoms with Crippen molar-refractivity contribution < 1.29 is 5.21 Å². The van der Waals surface area contributed by atoms with Crippen LogP contribution in [0.15, 0.2) is 34.0 Å². The quantitative estimate of drug-likeness (QED) is 0.458. The minimum Gasteiger partial charge on any atom is -0.411 e. The highest BCUT2D eigenvalue weighted by molar-refractivity contribution is 9.10. The molecule has 0 bridgehead atoms. The van der Waals surface area contributed by atoms with E-state index in [-0.39, 0.29) is 0 Å². The van der Waals surface area contributed by atoms with E-state index in [1.54, 1.807) is 6.92 Å². The van der Waals surface area contributed by atoms with Crippen molar-refractivity contribution in [1.82, 2.24) is 4.98 Å². The Morgan fingerprint density at radius 2 is 2.29 bits per heavy atom. The molecule has 3 nitrogen and oxygen atoms in total. The molecule has 0 atom stereocenters. The molecule has 0 radical (unpaired) electrons. The van der Waals surface area contributed by atoms with Crippen LogP contribution in [0.4, 0.5) is 0 Å². The molecule has 0 saturated carbocycles. The normalized spacial score (nSPS) is 12.3. The Labute approximate surface area is 89.6 Å². The predicted molar refractivity (Wildman–Crippen MR) is 60.0 cm³/mol. The van der Waals surface area contributed by atoms with Gasteiger partial charge in [0, 0.05) is 27.1 Å². The van der Waals surface area contributed by atoms with Gasteiger partial charge in [0.15, 0.2) is 0 Å². The zero-order valence-corrected chi connectivity index (χ0v) is 9.17. The fourth-order valence-corrected chi connectivity index (χ4v) is 1.81. The largest absolute Gasteiger partial charge is 0.411 e.